The number of likely N-dealkylation sites (tertiary alicyclic amines) is 1. The molecule has 6 heteroatoms. The van der Waals surface area contributed by atoms with Gasteiger partial charge in [-0.3, -0.25) is 9.80 Å². The molecular weight excluding hydrogens is 496 g/mol. The lowest BCUT2D eigenvalue weighted by atomic mass is 9.72. The first kappa shape index (κ1) is 28.1. The van der Waals surface area contributed by atoms with Crippen LogP contribution in [0.5, 0.6) is 0 Å². The number of aromatic nitrogens is 2. The fourth-order valence-corrected chi connectivity index (χ4v) is 8.89. The molecule has 5 unspecified atom stereocenters. The van der Waals surface area contributed by atoms with Crippen LogP contribution in [0, 0.1) is 11.8 Å². The highest BCUT2D eigenvalue weighted by atomic mass is 16.6. The minimum Gasteiger partial charge on any atom is -0.444 e. The molecular formula is C34H52N4O2. The van der Waals surface area contributed by atoms with Crippen molar-refractivity contribution >= 4 is 17.1 Å². The maximum Gasteiger partial charge on any atom is 0.410 e. The zero-order valence-corrected chi connectivity index (χ0v) is 25.6. The molecule has 2 bridgehead atoms. The number of carbonyl (C=O) groups is 1. The molecule has 1 aliphatic carbocycles. The van der Waals surface area contributed by atoms with Gasteiger partial charge >= 0.3 is 6.09 Å². The first-order chi connectivity index (χ1) is 19.3. The SMILES string of the molecule is CCC1CC(CC)CC(N2C3CCCC2CC(n2c(C4CCCN4C(=O)OC(C)(C)C)nc4ccccc42)C3)C1. The third-order valence-corrected chi connectivity index (χ3v) is 10.6. The number of carbonyl (C=O) groups excluding carboxylic acids is 1. The Hall–Kier alpha value is -2.08. The number of fused-ring (bicyclic) bond motifs is 3. The molecule has 1 aromatic heterocycles. The highest BCUT2D eigenvalue weighted by Gasteiger charge is 2.46. The van der Waals surface area contributed by atoms with Gasteiger partial charge in [-0.05, 0) is 103 Å². The standard InChI is InChI=1S/C34H52N4O2/c1-6-23-18-24(7-2)20-27(19-23)37-25-12-10-13-26(37)22-28(21-25)38-30-15-9-8-14-29(30)35-32(38)31-16-11-17-36(31)33(39)40-34(3,4)5/h8-9,14-15,23-28,31H,6-7,10-13,16-22H2,1-5H3. The lowest BCUT2D eigenvalue weighted by molar-refractivity contribution is -0.0434. The summed E-state index contributed by atoms with van der Waals surface area (Å²) in [6.45, 7) is 11.4. The molecule has 220 valence electrons. The zero-order valence-electron chi connectivity index (χ0n) is 25.6. The van der Waals surface area contributed by atoms with Gasteiger partial charge in [0, 0.05) is 30.7 Å². The minimum atomic E-state index is -0.499. The fourth-order valence-electron chi connectivity index (χ4n) is 8.89. The predicted molar refractivity (Wildman–Crippen MR) is 161 cm³/mol. The van der Waals surface area contributed by atoms with Crippen molar-refractivity contribution in [1.82, 2.24) is 19.4 Å². The molecule has 2 aromatic rings. The molecule has 4 aliphatic rings. The van der Waals surface area contributed by atoms with E-state index in [1.54, 1.807) is 0 Å². The van der Waals surface area contributed by atoms with Crippen LogP contribution in [0.1, 0.15) is 130 Å². The average molecular weight is 549 g/mol. The number of piperidine rings is 2. The van der Waals surface area contributed by atoms with Crippen LogP contribution in [0.15, 0.2) is 24.3 Å². The molecule has 1 saturated carbocycles. The van der Waals surface area contributed by atoms with Crippen molar-refractivity contribution in [2.45, 2.75) is 147 Å². The second-order valence-electron chi connectivity index (χ2n) is 14.4. The van der Waals surface area contributed by atoms with E-state index in [0.717, 1.165) is 48.6 Å². The van der Waals surface area contributed by atoms with Gasteiger partial charge in [-0.15, -0.1) is 0 Å². The van der Waals surface area contributed by atoms with Gasteiger partial charge in [0.05, 0.1) is 17.1 Å². The number of amides is 1. The van der Waals surface area contributed by atoms with Gasteiger partial charge in [0.15, 0.2) is 0 Å². The quantitative estimate of drug-likeness (QED) is 0.377. The van der Waals surface area contributed by atoms with Gasteiger partial charge in [-0.1, -0.05) is 45.2 Å². The van der Waals surface area contributed by atoms with E-state index in [9.17, 15) is 4.79 Å². The summed E-state index contributed by atoms with van der Waals surface area (Å²) in [7, 11) is 0. The van der Waals surface area contributed by atoms with Crippen molar-refractivity contribution in [2.24, 2.45) is 11.8 Å². The van der Waals surface area contributed by atoms with E-state index in [2.05, 4.69) is 47.6 Å². The zero-order chi connectivity index (χ0) is 28.0. The Balaban J connectivity index is 1.31. The molecule has 0 N–H and O–H groups in total. The Kier molecular flexibility index (Phi) is 7.93. The van der Waals surface area contributed by atoms with E-state index in [4.69, 9.17) is 9.72 Å². The van der Waals surface area contributed by atoms with Crippen LogP contribution < -0.4 is 0 Å². The molecule has 1 amide bonds. The van der Waals surface area contributed by atoms with Gasteiger partial charge < -0.3 is 9.30 Å². The Bertz CT molecular complexity index is 1160. The van der Waals surface area contributed by atoms with Crippen LogP contribution in [0.4, 0.5) is 4.79 Å². The van der Waals surface area contributed by atoms with Crippen LogP contribution in [0.25, 0.3) is 11.0 Å². The van der Waals surface area contributed by atoms with Crippen molar-refractivity contribution in [1.29, 1.82) is 0 Å². The molecule has 3 saturated heterocycles. The summed E-state index contributed by atoms with van der Waals surface area (Å²) in [5, 5.41) is 0. The number of nitrogens with zero attached hydrogens (tertiary/aromatic N) is 4. The molecule has 3 aliphatic heterocycles. The molecule has 0 radical (unpaired) electrons. The molecule has 4 heterocycles. The largest absolute Gasteiger partial charge is 0.444 e. The Morgan fingerprint density at radius 2 is 1.55 bits per heavy atom. The summed E-state index contributed by atoms with van der Waals surface area (Å²) < 4.78 is 8.43. The smallest absolute Gasteiger partial charge is 0.410 e. The van der Waals surface area contributed by atoms with Crippen molar-refractivity contribution in [3.63, 3.8) is 0 Å². The molecule has 0 spiro atoms. The topological polar surface area (TPSA) is 50.6 Å². The predicted octanol–water partition coefficient (Wildman–Crippen LogP) is 8.27. The maximum atomic E-state index is 13.3. The Morgan fingerprint density at radius 1 is 0.875 bits per heavy atom. The van der Waals surface area contributed by atoms with Crippen molar-refractivity contribution in [3.8, 4) is 0 Å². The normalized spacial score (nSPS) is 33.4. The van der Waals surface area contributed by atoms with Crippen LogP contribution in [-0.2, 0) is 4.74 Å². The Morgan fingerprint density at radius 3 is 2.20 bits per heavy atom. The lowest BCUT2D eigenvalue weighted by Gasteiger charge is -2.55. The highest BCUT2D eigenvalue weighted by molar-refractivity contribution is 5.77. The second kappa shape index (κ2) is 11.3. The van der Waals surface area contributed by atoms with Crippen molar-refractivity contribution < 1.29 is 9.53 Å². The summed E-state index contributed by atoms with van der Waals surface area (Å²) in [5.74, 6) is 2.87. The van der Waals surface area contributed by atoms with Crippen LogP contribution in [0.3, 0.4) is 0 Å². The van der Waals surface area contributed by atoms with E-state index in [-0.39, 0.29) is 12.1 Å². The van der Waals surface area contributed by atoms with E-state index < -0.39 is 5.60 Å². The number of hydrogen-bond donors (Lipinski definition) is 0. The van der Waals surface area contributed by atoms with Crippen LogP contribution in [0.2, 0.25) is 0 Å². The van der Waals surface area contributed by atoms with Gasteiger partial charge in [-0.25, -0.2) is 9.78 Å². The number of imidazole rings is 1. The number of ether oxygens (including phenoxy) is 1. The number of hydrogen-bond acceptors (Lipinski definition) is 4. The number of para-hydroxylation sites is 2. The number of benzene rings is 1. The highest BCUT2D eigenvalue weighted by Crippen LogP contribution is 2.47. The van der Waals surface area contributed by atoms with Crippen LogP contribution in [-0.4, -0.2) is 55.7 Å². The summed E-state index contributed by atoms with van der Waals surface area (Å²) in [6.07, 6.45) is 15.1. The van der Waals surface area contributed by atoms with Gasteiger partial charge in [0.2, 0.25) is 0 Å². The summed E-state index contributed by atoms with van der Waals surface area (Å²) in [4.78, 5) is 23.5. The maximum absolute atomic E-state index is 13.3. The molecule has 6 rings (SSSR count). The Labute approximate surface area is 241 Å². The molecule has 1 aromatic carbocycles. The third-order valence-electron chi connectivity index (χ3n) is 10.6. The first-order valence-corrected chi connectivity index (χ1v) is 16.5. The summed E-state index contributed by atoms with van der Waals surface area (Å²) >= 11 is 0. The van der Waals surface area contributed by atoms with Crippen molar-refractivity contribution in [3.05, 3.63) is 30.1 Å². The van der Waals surface area contributed by atoms with Gasteiger partial charge in [-0.2, -0.15) is 0 Å². The second-order valence-corrected chi connectivity index (χ2v) is 14.4. The van der Waals surface area contributed by atoms with Gasteiger partial charge in [0.25, 0.3) is 0 Å². The molecule has 40 heavy (non-hydrogen) atoms. The number of rotatable bonds is 5. The summed E-state index contributed by atoms with van der Waals surface area (Å²) in [6, 6.07) is 11.1. The van der Waals surface area contributed by atoms with E-state index in [1.807, 2.05) is 25.7 Å². The molecule has 4 fully saturated rings. The molecule has 6 nitrogen and oxygen atoms in total. The minimum absolute atomic E-state index is 0.0194. The summed E-state index contributed by atoms with van der Waals surface area (Å²) in [5.41, 5.74) is 1.80. The van der Waals surface area contributed by atoms with Crippen molar-refractivity contribution in [2.75, 3.05) is 6.54 Å². The monoisotopic (exact) mass is 548 g/mol. The van der Waals surface area contributed by atoms with E-state index in [0.29, 0.717) is 18.1 Å². The van der Waals surface area contributed by atoms with Gasteiger partial charge in [0.1, 0.15) is 11.4 Å². The van der Waals surface area contributed by atoms with E-state index >= 15 is 0 Å². The fraction of sp³-hybridized carbons (Fsp3) is 0.765. The lowest BCUT2D eigenvalue weighted by Crippen LogP contribution is -2.58. The van der Waals surface area contributed by atoms with Crippen LogP contribution >= 0.6 is 0 Å². The molecule has 5 atom stereocenters. The van der Waals surface area contributed by atoms with E-state index in [1.165, 1.54) is 69.7 Å². The third kappa shape index (κ3) is 5.42. The average Bonchev–Trinajstić information content (AvgIpc) is 3.56. The first-order valence-electron chi connectivity index (χ1n) is 16.5.